The number of carbonyl (C=O) groups is 1. The van der Waals surface area contributed by atoms with Crippen molar-refractivity contribution < 1.29 is 19.4 Å². The van der Waals surface area contributed by atoms with Gasteiger partial charge in [-0.3, -0.25) is 0 Å². The van der Waals surface area contributed by atoms with Crippen LogP contribution in [-0.4, -0.2) is 24.5 Å². The van der Waals surface area contributed by atoms with Gasteiger partial charge in [0.15, 0.2) is 6.79 Å². The van der Waals surface area contributed by atoms with Crippen LogP contribution in [0.3, 0.4) is 0 Å². The maximum atomic E-state index is 10.5. The highest BCUT2D eigenvalue weighted by atomic mass is 32.1. The Balaban J connectivity index is 2.44. The van der Waals surface area contributed by atoms with Crippen LogP contribution in [0.25, 0.3) is 0 Å². The third-order valence-electron chi connectivity index (χ3n) is 1.30. The van der Waals surface area contributed by atoms with Crippen LogP contribution in [0.5, 0.6) is 5.75 Å². The first-order valence-corrected chi connectivity index (χ1v) is 4.64. The van der Waals surface area contributed by atoms with Gasteiger partial charge in [0, 0.05) is 18.1 Å². The van der Waals surface area contributed by atoms with Gasteiger partial charge in [-0.25, -0.2) is 4.79 Å². The lowest BCUT2D eigenvalue weighted by molar-refractivity contribution is 0.0226. The van der Waals surface area contributed by atoms with E-state index in [4.69, 9.17) is 14.6 Å². The molecule has 1 rings (SSSR count). The third kappa shape index (κ3) is 3.04. The quantitative estimate of drug-likeness (QED) is 0.584. The van der Waals surface area contributed by atoms with Crippen molar-refractivity contribution in [1.29, 1.82) is 0 Å². The Morgan fingerprint density at radius 2 is 2.46 bits per heavy atom. The van der Waals surface area contributed by atoms with Crippen molar-refractivity contribution in [2.24, 2.45) is 0 Å². The third-order valence-corrected chi connectivity index (χ3v) is 2.20. The highest BCUT2D eigenvalue weighted by Crippen LogP contribution is 2.21. The van der Waals surface area contributed by atoms with Crippen LogP contribution in [0.2, 0.25) is 0 Å². The number of ether oxygens (including phenoxy) is 2. The molecule has 0 aliphatic heterocycles. The first kappa shape index (κ1) is 10.0. The predicted molar refractivity (Wildman–Crippen MR) is 48.4 cm³/mol. The summed E-state index contributed by atoms with van der Waals surface area (Å²) in [5, 5.41) is 10.2. The van der Waals surface area contributed by atoms with Crippen molar-refractivity contribution >= 4 is 17.3 Å². The summed E-state index contributed by atoms with van der Waals surface area (Å²) in [6, 6.07) is 1.48. The maximum absolute atomic E-state index is 10.5. The lowest BCUT2D eigenvalue weighted by Gasteiger charge is -2.01. The van der Waals surface area contributed by atoms with Gasteiger partial charge in [-0.1, -0.05) is 0 Å². The summed E-state index contributed by atoms with van der Waals surface area (Å²) in [5.74, 6) is -0.396. The summed E-state index contributed by atoms with van der Waals surface area (Å²) in [6.45, 7) is 2.60. The summed E-state index contributed by atoms with van der Waals surface area (Å²) in [7, 11) is 0. The van der Waals surface area contributed by atoms with Crippen molar-refractivity contribution in [3.63, 3.8) is 0 Å². The molecule has 0 saturated heterocycles. The van der Waals surface area contributed by atoms with Crippen LogP contribution in [0.1, 0.15) is 16.6 Å². The van der Waals surface area contributed by atoms with Gasteiger partial charge in [-0.05, 0) is 6.92 Å². The van der Waals surface area contributed by atoms with Crippen LogP contribution in [-0.2, 0) is 4.74 Å². The molecule has 5 heteroatoms. The molecule has 0 saturated carbocycles. The SMILES string of the molecule is CCOCOc1csc(C(=O)O)c1. The van der Waals surface area contributed by atoms with Crippen LogP contribution >= 0.6 is 11.3 Å². The van der Waals surface area contributed by atoms with Crippen molar-refractivity contribution in [2.45, 2.75) is 6.92 Å². The van der Waals surface area contributed by atoms with Gasteiger partial charge in [0.05, 0.1) is 0 Å². The molecule has 0 radical (unpaired) electrons. The summed E-state index contributed by atoms with van der Waals surface area (Å²) < 4.78 is 10.0. The standard InChI is InChI=1S/C8H10O4S/c1-2-11-5-12-6-3-7(8(9)10)13-4-6/h3-4H,2,5H2,1H3,(H,9,10). The fourth-order valence-electron chi connectivity index (χ4n) is 0.700. The Hall–Kier alpha value is -1.07. The second kappa shape index (κ2) is 4.84. The number of thiophene rings is 1. The first-order valence-electron chi connectivity index (χ1n) is 3.76. The number of hydrogen-bond acceptors (Lipinski definition) is 4. The molecular formula is C8H10O4S. The van der Waals surface area contributed by atoms with E-state index in [2.05, 4.69) is 0 Å². The van der Waals surface area contributed by atoms with Gasteiger partial charge in [0.25, 0.3) is 0 Å². The zero-order chi connectivity index (χ0) is 9.68. The molecule has 0 bridgehead atoms. The van der Waals surface area contributed by atoms with E-state index in [0.717, 1.165) is 11.3 Å². The molecule has 0 unspecified atom stereocenters. The lowest BCUT2D eigenvalue weighted by atomic mass is 10.4. The fourth-order valence-corrected chi connectivity index (χ4v) is 1.36. The summed E-state index contributed by atoms with van der Waals surface area (Å²) >= 11 is 1.14. The molecule has 0 aliphatic rings. The van der Waals surface area contributed by atoms with E-state index in [1.165, 1.54) is 6.07 Å². The molecule has 1 N–H and O–H groups in total. The smallest absolute Gasteiger partial charge is 0.346 e. The molecule has 0 amide bonds. The van der Waals surface area contributed by atoms with Crippen LogP contribution in [0.4, 0.5) is 0 Å². The topological polar surface area (TPSA) is 55.8 Å². The Morgan fingerprint density at radius 1 is 1.69 bits per heavy atom. The van der Waals surface area contributed by atoms with E-state index in [1.54, 1.807) is 5.38 Å². The van der Waals surface area contributed by atoms with E-state index in [-0.39, 0.29) is 11.7 Å². The average molecular weight is 202 g/mol. The van der Waals surface area contributed by atoms with Gasteiger partial charge in [-0.2, -0.15) is 0 Å². The Labute approximate surface area is 79.7 Å². The minimum Gasteiger partial charge on any atom is -0.477 e. The predicted octanol–water partition coefficient (Wildman–Crippen LogP) is 1.82. The van der Waals surface area contributed by atoms with E-state index >= 15 is 0 Å². The van der Waals surface area contributed by atoms with Gasteiger partial charge in [0.2, 0.25) is 0 Å². The van der Waals surface area contributed by atoms with E-state index in [9.17, 15) is 4.79 Å². The van der Waals surface area contributed by atoms with E-state index in [1.807, 2.05) is 6.92 Å². The minimum absolute atomic E-state index is 0.159. The molecule has 0 aromatic carbocycles. The van der Waals surface area contributed by atoms with Crippen molar-refractivity contribution in [2.75, 3.05) is 13.4 Å². The van der Waals surface area contributed by atoms with Gasteiger partial charge >= 0.3 is 5.97 Å². The number of carboxylic acid groups (broad SMARTS) is 1. The number of hydrogen-bond donors (Lipinski definition) is 1. The molecule has 1 aromatic heterocycles. The Kier molecular flexibility index (Phi) is 3.72. The number of rotatable bonds is 5. The van der Waals surface area contributed by atoms with E-state index in [0.29, 0.717) is 12.4 Å². The van der Waals surface area contributed by atoms with Crippen LogP contribution in [0.15, 0.2) is 11.4 Å². The molecule has 72 valence electrons. The second-order valence-corrected chi connectivity index (χ2v) is 3.12. The molecule has 1 aromatic rings. The van der Waals surface area contributed by atoms with Gasteiger partial charge < -0.3 is 14.6 Å². The highest BCUT2D eigenvalue weighted by molar-refractivity contribution is 7.12. The van der Waals surface area contributed by atoms with Crippen LogP contribution in [0, 0.1) is 0 Å². The van der Waals surface area contributed by atoms with Gasteiger partial charge in [-0.15, -0.1) is 11.3 Å². The maximum Gasteiger partial charge on any atom is 0.346 e. The molecule has 0 aliphatic carbocycles. The Morgan fingerprint density at radius 3 is 3.00 bits per heavy atom. The van der Waals surface area contributed by atoms with E-state index < -0.39 is 5.97 Å². The zero-order valence-corrected chi connectivity index (χ0v) is 7.97. The second-order valence-electron chi connectivity index (χ2n) is 2.21. The van der Waals surface area contributed by atoms with Crippen molar-refractivity contribution in [3.8, 4) is 5.75 Å². The molecular weight excluding hydrogens is 192 g/mol. The largest absolute Gasteiger partial charge is 0.477 e. The van der Waals surface area contributed by atoms with Crippen LogP contribution < -0.4 is 4.74 Å². The molecule has 0 atom stereocenters. The number of carboxylic acids is 1. The number of aromatic carboxylic acids is 1. The highest BCUT2D eigenvalue weighted by Gasteiger charge is 2.06. The fraction of sp³-hybridized carbons (Fsp3) is 0.375. The molecule has 0 spiro atoms. The molecule has 13 heavy (non-hydrogen) atoms. The molecule has 4 nitrogen and oxygen atoms in total. The summed E-state index contributed by atoms with van der Waals surface area (Å²) in [4.78, 5) is 10.7. The van der Waals surface area contributed by atoms with Gasteiger partial charge in [0.1, 0.15) is 10.6 Å². The summed E-state index contributed by atoms with van der Waals surface area (Å²) in [6.07, 6.45) is 0. The zero-order valence-electron chi connectivity index (χ0n) is 7.15. The normalized spacial score (nSPS) is 9.92. The lowest BCUT2D eigenvalue weighted by Crippen LogP contribution is -2.01. The van der Waals surface area contributed by atoms with Crippen molar-refractivity contribution in [1.82, 2.24) is 0 Å². The first-order chi connectivity index (χ1) is 6.24. The summed E-state index contributed by atoms with van der Waals surface area (Å²) in [5.41, 5.74) is 0. The molecule has 1 heterocycles. The Bertz CT molecular complexity index is 281. The average Bonchev–Trinajstić information content (AvgIpc) is 2.53. The van der Waals surface area contributed by atoms with Crippen molar-refractivity contribution in [3.05, 3.63) is 16.3 Å². The molecule has 0 fully saturated rings. The monoisotopic (exact) mass is 202 g/mol. The minimum atomic E-state index is -0.934.